The van der Waals surface area contributed by atoms with Gasteiger partial charge in [0.1, 0.15) is 6.10 Å². The van der Waals surface area contributed by atoms with Crippen LogP contribution in [0.4, 0.5) is 11.4 Å². The molecule has 1 unspecified atom stereocenters. The van der Waals surface area contributed by atoms with E-state index in [9.17, 15) is 20.2 Å². The van der Waals surface area contributed by atoms with Crippen molar-refractivity contribution in [3.05, 3.63) is 38.4 Å². The first-order chi connectivity index (χ1) is 8.58. The SMILES string of the molecule is O=[N+]([O-])c1ccc(OC2CCNC2)c([N+](=O)[O-])c1. The topological polar surface area (TPSA) is 108 Å². The molecule has 1 N–H and O–H groups in total. The number of nitro groups is 2. The molecule has 0 aromatic heterocycles. The van der Waals surface area contributed by atoms with Gasteiger partial charge in [-0.1, -0.05) is 0 Å². The lowest BCUT2D eigenvalue weighted by molar-refractivity contribution is -0.394. The number of non-ortho nitro benzene ring substituents is 1. The van der Waals surface area contributed by atoms with Gasteiger partial charge in [0.25, 0.3) is 5.69 Å². The number of benzene rings is 1. The third kappa shape index (κ3) is 2.54. The maximum absolute atomic E-state index is 10.9. The molecule has 0 amide bonds. The Morgan fingerprint density at radius 1 is 1.28 bits per heavy atom. The highest BCUT2D eigenvalue weighted by molar-refractivity contribution is 5.53. The molecular weight excluding hydrogens is 242 g/mol. The first-order valence-corrected chi connectivity index (χ1v) is 5.38. The maximum atomic E-state index is 10.9. The molecule has 1 aromatic rings. The van der Waals surface area contributed by atoms with Crippen LogP contribution in [0.15, 0.2) is 18.2 Å². The van der Waals surface area contributed by atoms with E-state index in [2.05, 4.69) is 5.32 Å². The molecule has 1 aliphatic rings. The number of rotatable bonds is 4. The molecule has 0 saturated carbocycles. The van der Waals surface area contributed by atoms with E-state index in [1.807, 2.05) is 0 Å². The molecule has 2 rings (SSSR count). The van der Waals surface area contributed by atoms with Crippen molar-refractivity contribution in [1.82, 2.24) is 5.32 Å². The van der Waals surface area contributed by atoms with Crippen LogP contribution in [0.1, 0.15) is 6.42 Å². The molecule has 0 radical (unpaired) electrons. The van der Waals surface area contributed by atoms with E-state index in [1.165, 1.54) is 12.1 Å². The van der Waals surface area contributed by atoms with Gasteiger partial charge in [0.05, 0.1) is 15.9 Å². The van der Waals surface area contributed by atoms with E-state index in [-0.39, 0.29) is 23.2 Å². The number of nitrogens with one attached hydrogen (secondary N) is 1. The Kier molecular flexibility index (Phi) is 3.38. The molecule has 8 nitrogen and oxygen atoms in total. The summed E-state index contributed by atoms with van der Waals surface area (Å²) in [6.45, 7) is 1.42. The van der Waals surface area contributed by atoms with E-state index in [1.54, 1.807) is 0 Å². The zero-order valence-electron chi connectivity index (χ0n) is 9.37. The second-order valence-electron chi connectivity index (χ2n) is 3.90. The fourth-order valence-corrected chi connectivity index (χ4v) is 1.77. The van der Waals surface area contributed by atoms with Crippen LogP contribution in [0.3, 0.4) is 0 Å². The minimum absolute atomic E-state index is 0.0688. The van der Waals surface area contributed by atoms with Crippen molar-refractivity contribution < 1.29 is 14.6 Å². The number of nitro benzene ring substituents is 2. The van der Waals surface area contributed by atoms with Crippen molar-refractivity contribution in [2.45, 2.75) is 12.5 Å². The van der Waals surface area contributed by atoms with Crippen LogP contribution in [0, 0.1) is 20.2 Å². The van der Waals surface area contributed by atoms with Crippen LogP contribution in [0.5, 0.6) is 5.75 Å². The predicted octanol–water partition coefficient (Wildman–Crippen LogP) is 1.24. The minimum Gasteiger partial charge on any atom is -0.482 e. The van der Waals surface area contributed by atoms with Gasteiger partial charge in [-0.3, -0.25) is 20.2 Å². The van der Waals surface area contributed by atoms with Crippen molar-refractivity contribution in [2.24, 2.45) is 0 Å². The summed E-state index contributed by atoms with van der Waals surface area (Å²) in [7, 11) is 0. The van der Waals surface area contributed by atoms with Crippen LogP contribution in [-0.4, -0.2) is 29.0 Å². The summed E-state index contributed by atoms with van der Waals surface area (Å²) in [5, 5.41) is 24.5. The molecular formula is C10H11N3O5. The highest BCUT2D eigenvalue weighted by atomic mass is 16.6. The van der Waals surface area contributed by atoms with Crippen molar-refractivity contribution in [2.75, 3.05) is 13.1 Å². The van der Waals surface area contributed by atoms with Gasteiger partial charge in [0.2, 0.25) is 0 Å². The second kappa shape index (κ2) is 4.96. The smallest absolute Gasteiger partial charge is 0.317 e. The van der Waals surface area contributed by atoms with Crippen LogP contribution < -0.4 is 10.1 Å². The highest BCUT2D eigenvalue weighted by Crippen LogP contribution is 2.32. The van der Waals surface area contributed by atoms with E-state index in [0.29, 0.717) is 6.54 Å². The first-order valence-electron chi connectivity index (χ1n) is 5.38. The molecule has 1 heterocycles. The fourth-order valence-electron chi connectivity index (χ4n) is 1.77. The van der Waals surface area contributed by atoms with Crippen molar-refractivity contribution in [3.8, 4) is 5.75 Å². The number of nitrogens with zero attached hydrogens (tertiary/aromatic N) is 2. The summed E-state index contributed by atoms with van der Waals surface area (Å²) in [6, 6.07) is 3.39. The van der Waals surface area contributed by atoms with Crippen LogP contribution in [0.2, 0.25) is 0 Å². The molecule has 1 atom stereocenters. The largest absolute Gasteiger partial charge is 0.482 e. The van der Waals surface area contributed by atoms with Gasteiger partial charge in [-0.25, -0.2) is 0 Å². The third-order valence-corrected chi connectivity index (χ3v) is 2.66. The molecule has 0 spiro atoms. The fraction of sp³-hybridized carbons (Fsp3) is 0.400. The molecule has 1 aliphatic heterocycles. The third-order valence-electron chi connectivity index (χ3n) is 2.66. The Hall–Kier alpha value is -2.22. The lowest BCUT2D eigenvalue weighted by atomic mass is 10.2. The molecule has 1 aromatic carbocycles. The van der Waals surface area contributed by atoms with Crippen molar-refractivity contribution in [1.29, 1.82) is 0 Å². The van der Waals surface area contributed by atoms with E-state index in [0.717, 1.165) is 19.0 Å². The average molecular weight is 253 g/mol. The Morgan fingerprint density at radius 3 is 2.61 bits per heavy atom. The molecule has 0 aliphatic carbocycles. The molecule has 0 bridgehead atoms. The first kappa shape index (κ1) is 12.2. The van der Waals surface area contributed by atoms with E-state index < -0.39 is 9.85 Å². The summed E-state index contributed by atoms with van der Waals surface area (Å²) in [5.41, 5.74) is -0.699. The lowest BCUT2D eigenvalue weighted by Crippen LogP contribution is -2.20. The van der Waals surface area contributed by atoms with E-state index >= 15 is 0 Å². The number of ether oxygens (including phenoxy) is 1. The maximum Gasteiger partial charge on any atom is 0.317 e. The molecule has 18 heavy (non-hydrogen) atoms. The van der Waals surface area contributed by atoms with Gasteiger partial charge in [0.15, 0.2) is 5.75 Å². The normalized spacial score (nSPS) is 18.6. The quantitative estimate of drug-likeness (QED) is 0.639. The number of hydrogen-bond acceptors (Lipinski definition) is 6. The van der Waals surface area contributed by atoms with Gasteiger partial charge in [-0.15, -0.1) is 0 Å². The van der Waals surface area contributed by atoms with Crippen LogP contribution in [0.25, 0.3) is 0 Å². The van der Waals surface area contributed by atoms with Gasteiger partial charge >= 0.3 is 5.69 Å². The standard InChI is InChI=1S/C10H11N3O5/c14-12(15)7-1-2-10(9(5-7)13(16)17)18-8-3-4-11-6-8/h1-2,5,8,11H,3-4,6H2. The van der Waals surface area contributed by atoms with Gasteiger partial charge in [-0.2, -0.15) is 0 Å². The summed E-state index contributed by atoms with van der Waals surface area (Å²) in [4.78, 5) is 20.1. The molecule has 96 valence electrons. The second-order valence-corrected chi connectivity index (χ2v) is 3.90. The summed E-state index contributed by atoms with van der Waals surface area (Å²) in [6.07, 6.45) is 0.624. The lowest BCUT2D eigenvalue weighted by Gasteiger charge is -2.12. The summed E-state index contributed by atoms with van der Waals surface area (Å²) in [5.74, 6) is 0.0688. The van der Waals surface area contributed by atoms with E-state index in [4.69, 9.17) is 4.74 Å². The van der Waals surface area contributed by atoms with Crippen molar-refractivity contribution in [3.63, 3.8) is 0 Å². The Bertz CT molecular complexity index is 484. The average Bonchev–Trinajstić information content (AvgIpc) is 2.81. The van der Waals surface area contributed by atoms with Gasteiger partial charge < -0.3 is 10.1 Å². The molecule has 1 saturated heterocycles. The Morgan fingerprint density at radius 2 is 2.06 bits per heavy atom. The van der Waals surface area contributed by atoms with Gasteiger partial charge in [-0.05, 0) is 19.0 Å². The highest BCUT2D eigenvalue weighted by Gasteiger charge is 2.24. The molecule has 8 heteroatoms. The summed E-state index contributed by atoms with van der Waals surface area (Å²) >= 11 is 0. The zero-order valence-corrected chi connectivity index (χ0v) is 9.37. The summed E-state index contributed by atoms with van der Waals surface area (Å²) < 4.78 is 5.48. The predicted molar refractivity (Wildman–Crippen MR) is 61.7 cm³/mol. The number of hydrogen-bond donors (Lipinski definition) is 1. The van der Waals surface area contributed by atoms with Crippen LogP contribution in [-0.2, 0) is 0 Å². The Balaban J connectivity index is 2.28. The zero-order chi connectivity index (χ0) is 13.1. The van der Waals surface area contributed by atoms with Crippen molar-refractivity contribution >= 4 is 11.4 Å². The monoisotopic (exact) mass is 253 g/mol. The van der Waals surface area contributed by atoms with Gasteiger partial charge in [0, 0.05) is 12.6 Å². The van der Waals surface area contributed by atoms with Crippen LogP contribution >= 0.6 is 0 Å². The molecule has 1 fully saturated rings. The Labute approximate surface area is 102 Å². The minimum atomic E-state index is -0.676.